The molecule has 0 radical (unpaired) electrons. The molecule has 1 unspecified atom stereocenters. The number of anilines is 1. The highest BCUT2D eigenvalue weighted by atomic mass is 32.2. The third kappa shape index (κ3) is 5.08. The zero-order chi connectivity index (χ0) is 21.8. The van der Waals surface area contributed by atoms with Gasteiger partial charge in [-0.15, -0.1) is 0 Å². The van der Waals surface area contributed by atoms with Crippen molar-refractivity contribution < 1.29 is 32.8 Å². The van der Waals surface area contributed by atoms with Crippen molar-refractivity contribution in [3.05, 3.63) is 63.7 Å². The quantitative estimate of drug-likeness (QED) is 0.285. The van der Waals surface area contributed by atoms with Crippen LogP contribution < -0.4 is 4.72 Å². The fraction of sp³-hybridized carbons (Fsp3) is 0.222. The molecule has 2 aromatic carbocycles. The maximum Gasteiger partial charge on any atom is 0.324 e. The standard InChI is InChI=1S/C18H18N2O8S/c1-3-28-18(23)16(17(21)22)14-9-8-13(20(24)25)10-15(14)29(26,27)19-12-6-4-11(2)5-7-12/h4-10,16,19H,3H2,1-2H3,(H,21,22). The number of hydrogen-bond acceptors (Lipinski definition) is 7. The second kappa shape index (κ2) is 8.69. The molecule has 0 aliphatic carbocycles. The lowest BCUT2D eigenvalue weighted by Crippen LogP contribution is -2.27. The van der Waals surface area contributed by atoms with Gasteiger partial charge in [-0.1, -0.05) is 17.7 Å². The van der Waals surface area contributed by atoms with Crippen LogP contribution in [0.3, 0.4) is 0 Å². The van der Waals surface area contributed by atoms with E-state index in [0.717, 1.165) is 17.7 Å². The largest absolute Gasteiger partial charge is 0.480 e. The predicted molar refractivity (Wildman–Crippen MR) is 102 cm³/mol. The minimum Gasteiger partial charge on any atom is -0.480 e. The van der Waals surface area contributed by atoms with Crippen molar-refractivity contribution in [1.82, 2.24) is 0 Å². The van der Waals surface area contributed by atoms with Crippen molar-refractivity contribution in [3.8, 4) is 0 Å². The number of carboxylic acid groups (broad SMARTS) is 1. The van der Waals surface area contributed by atoms with Crippen LogP contribution in [0.2, 0.25) is 0 Å². The molecule has 0 aliphatic heterocycles. The fourth-order valence-electron chi connectivity index (χ4n) is 2.53. The van der Waals surface area contributed by atoms with E-state index in [-0.39, 0.29) is 12.3 Å². The van der Waals surface area contributed by atoms with E-state index < -0.39 is 48.9 Å². The van der Waals surface area contributed by atoms with Gasteiger partial charge < -0.3 is 9.84 Å². The minimum absolute atomic E-state index is 0.126. The number of non-ortho nitro benzene ring substituents is 1. The maximum absolute atomic E-state index is 12.9. The first-order valence-corrected chi connectivity index (χ1v) is 9.82. The molecular weight excluding hydrogens is 404 g/mol. The molecule has 0 saturated heterocycles. The topological polar surface area (TPSA) is 153 Å². The Morgan fingerprint density at radius 3 is 2.34 bits per heavy atom. The zero-order valence-electron chi connectivity index (χ0n) is 15.5. The van der Waals surface area contributed by atoms with E-state index in [4.69, 9.17) is 4.74 Å². The Labute approximate surface area is 166 Å². The Morgan fingerprint density at radius 1 is 1.21 bits per heavy atom. The van der Waals surface area contributed by atoms with Crippen molar-refractivity contribution in [2.75, 3.05) is 11.3 Å². The summed E-state index contributed by atoms with van der Waals surface area (Å²) < 4.78 is 32.8. The average Bonchev–Trinajstić information content (AvgIpc) is 2.63. The lowest BCUT2D eigenvalue weighted by molar-refractivity contribution is -0.385. The van der Waals surface area contributed by atoms with Crippen LogP contribution in [0.25, 0.3) is 0 Å². The molecule has 10 nitrogen and oxygen atoms in total. The van der Waals surface area contributed by atoms with Crippen LogP contribution in [0.1, 0.15) is 24.0 Å². The molecule has 0 aromatic heterocycles. The van der Waals surface area contributed by atoms with Crippen LogP contribution in [0.5, 0.6) is 0 Å². The van der Waals surface area contributed by atoms with Gasteiger partial charge in [0, 0.05) is 17.8 Å². The molecule has 0 fully saturated rings. The number of carboxylic acids is 1. The molecule has 11 heteroatoms. The average molecular weight is 422 g/mol. The first-order chi connectivity index (χ1) is 13.6. The number of esters is 1. The molecule has 29 heavy (non-hydrogen) atoms. The van der Waals surface area contributed by atoms with Crippen LogP contribution in [-0.4, -0.2) is 37.0 Å². The summed E-state index contributed by atoms with van der Waals surface area (Å²) in [6.45, 7) is 3.14. The Morgan fingerprint density at radius 2 is 1.83 bits per heavy atom. The summed E-state index contributed by atoms with van der Waals surface area (Å²) in [5.41, 5.74) is 0.0143. The second-order valence-electron chi connectivity index (χ2n) is 5.97. The van der Waals surface area contributed by atoms with Gasteiger partial charge in [-0.25, -0.2) is 8.42 Å². The fourth-order valence-corrected chi connectivity index (χ4v) is 3.85. The van der Waals surface area contributed by atoms with Crippen LogP contribution in [0.15, 0.2) is 47.4 Å². The molecule has 0 spiro atoms. The SMILES string of the molecule is CCOC(=O)C(C(=O)O)c1ccc([N+](=O)[O-])cc1S(=O)(=O)Nc1ccc(C)cc1. The number of rotatable bonds is 8. The monoisotopic (exact) mass is 422 g/mol. The van der Waals surface area contributed by atoms with E-state index in [1.807, 2.05) is 0 Å². The number of sulfonamides is 1. The summed E-state index contributed by atoms with van der Waals surface area (Å²) in [7, 11) is -4.47. The number of carbonyl (C=O) groups is 2. The summed E-state index contributed by atoms with van der Waals surface area (Å²) in [6, 6.07) is 8.80. The van der Waals surface area contributed by atoms with Gasteiger partial charge in [0.15, 0.2) is 5.92 Å². The number of nitrogens with one attached hydrogen (secondary N) is 1. The summed E-state index contributed by atoms with van der Waals surface area (Å²) in [5, 5.41) is 20.6. The lowest BCUT2D eigenvalue weighted by atomic mass is 9.99. The van der Waals surface area contributed by atoms with Crippen LogP contribution in [-0.2, 0) is 24.3 Å². The summed E-state index contributed by atoms with van der Waals surface area (Å²) in [4.78, 5) is 33.4. The Bertz CT molecular complexity index is 1050. The van der Waals surface area contributed by atoms with E-state index in [9.17, 15) is 33.2 Å². The molecule has 154 valence electrons. The normalized spacial score (nSPS) is 12.1. The van der Waals surface area contributed by atoms with Gasteiger partial charge >= 0.3 is 11.9 Å². The molecule has 0 amide bonds. The van der Waals surface area contributed by atoms with Crippen molar-refractivity contribution in [1.29, 1.82) is 0 Å². The van der Waals surface area contributed by atoms with Gasteiger partial charge in [-0.3, -0.25) is 24.4 Å². The van der Waals surface area contributed by atoms with Crippen LogP contribution in [0, 0.1) is 17.0 Å². The molecule has 0 bridgehead atoms. The highest BCUT2D eigenvalue weighted by Gasteiger charge is 2.36. The third-order valence-electron chi connectivity index (χ3n) is 3.88. The van der Waals surface area contributed by atoms with E-state index in [2.05, 4.69) is 4.72 Å². The number of nitro benzene ring substituents is 1. The number of nitrogens with zero attached hydrogens (tertiary/aromatic N) is 1. The van der Waals surface area contributed by atoms with Gasteiger partial charge in [0.05, 0.1) is 16.4 Å². The molecule has 0 saturated carbocycles. The van der Waals surface area contributed by atoms with Crippen molar-refractivity contribution in [2.45, 2.75) is 24.7 Å². The number of benzene rings is 2. The summed E-state index contributed by atoms with van der Waals surface area (Å²) in [5.74, 6) is -4.80. The number of aryl methyl sites for hydroxylation is 1. The van der Waals surface area contributed by atoms with Gasteiger partial charge in [-0.05, 0) is 37.6 Å². The van der Waals surface area contributed by atoms with E-state index in [1.165, 1.54) is 19.1 Å². The molecule has 2 rings (SSSR count). The molecule has 2 aromatic rings. The van der Waals surface area contributed by atoms with Crippen LogP contribution in [0.4, 0.5) is 11.4 Å². The third-order valence-corrected chi connectivity index (χ3v) is 5.32. The number of nitro groups is 1. The molecule has 2 N–H and O–H groups in total. The molecule has 0 heterocycles. The molecule has 1 atom stereocenters. The van der Waals surface area contributed by atoms with Gasteiger partial charge in [0.25, 0.3) is 15.7 Å². The Hall–Kier alpha value is -3.47. The second-order valence-corrected chi connectivity index (χ2v) is 7.62. The maximum atomic E-state index is 12.9. The van der Waals surface area contributed by atoms with Crippen molar-refractivity contribution >= 4 is 33.3 Å². The van der Waals surface area contributed by atoms with Gasteiger partial charge in [0.1, 0.15) is 0 Å². The van der Waals surface area contributed by atoms with Gasteiger partial charge in [0.2, 0.25) is 0 Å². The van der Waals surface area contributed by atoms with E-state index in [1.54, 1.807) is 19.1 Å². The van der Waals surface area contributed by atoms with E-state index >= 15 is 0 Å². The smallest absolute Gasteiger partial charge is 0.324 e. The first kappa shape index (κ1) is 21.8. The predicted octanol–water partition coefficient (Wildman–Crippen LogP) is 2.44. The van der Waals surface area contributed by atoms with Crippen LogP contribution >= 0.6 is 0 Å². The number of carbonyl (C=O) groups excluding carboxylic acids is 1. The Kier molecular flexibility index (Phi) is 6.54. The number of hydrogen-bond donors (Lipinski definition) is 2. The highest BCUT2D eigenvalue weighted by Crippen LogP contribution is 2.31. The van der Waals surface area contributed by atoms with E-state index in [0.29, 0.717) is 6.07 Å². The van der Waals surface area contributed by atoms with Crippen molar-refractivity contribution in [3.63, 3.8) is 0 Å². The number of ether oxygens (including phenoxy) is 1. The zero-order valence-corrected chi connectivity index (χ0v) is 16.3. The lowest BCUT2D eigenvalue weighted by Gasteiger charge is -2.17. The molecular formula is C18H18N2O8S. The molecule has 0 aliphatic rings. The summed E-state index contributed by atoms with van der Waals surface area (Å²) >= 11 is 0. The summed E-state index contributed by atoms with van der Waals surface area (Å²) in [6.07, 6.45) is 0. The highest BCUT2D eigenvalue weighted by molar-refractivity contribution is 7.92. The first-order valence-electron chi connectivity index (χ1n) is 8.34. The van der Waals surface area contributed by atoms with Crippen molar-refractivity contribution in [2.24, 2.45) is 0 Å². The number of aliphatic carboxylic acids is 1. The van der Waals surface area contributed by atoms with Gasteiger partial charge in [-0.2, -0.15) is 0 Å². The minimum atomic E-state index is -4.47. The Balaban J connectivity index is 2.64.